The smallest absolute Gasteiger partial charge is 0.472 e. The van der Waals surface area contributed by atoms with E-state index in [1.54, 1.807) is 6.26 Å². The normalized spacial score (nSPS) is 14.8. The molecule has 0 spiro atoms. The second-order valence-corrected chi connectivity index (χ2v) is 14.9. The number of carbonyl (C=O) groups excluding carboxylic acids is 1. The highest BCUT2D eigenvalue weighted by Gasteiger charge is 2.24. The van der Waals surface area contributed by atoms with Crippen molar-refractivity contribution in [2.75, 3.05) is 26.4 Å². The van der Waals surface area contributed by atoms with Crippen LogP contribution in [0.5, 0.6) is 0 Å². The standard InChI is InChI=1S/C43H76NO8P/c1-3-4-5-6-7-8-9-10-11-15-18-21-24-27-30-33-37-49-42(40-52-53(47,48)51-38-36-44)39-50-43(46)35-32-29-26-23-20-17-14-12-13-16-19-22-25-28-31-34-41(2)45/h10-11,13-14,16-17,22-23,25-26,33,37,41-42,45H,3-9,12,15,18-21,24,27-32,34-36,38-40,44H2,1-2H3,(H,47,48)/b11-10-,16-13-,17-14-,25-22-,26-23-,37-33+/t41-,42-/m1/s1. The van der Waals surface area contributed by atoms with E-state index in [1.807, 2.05) is 13.0 Å². The molecule has 0 aromatic carbocycles. The Kier molecular flexibility index (Phi) is 37.8. The van der Waals surface area contributed by atoms with Gasteiger partial charge in [-0.15, -0.1) is 0 Å². The molecule has 0 radical (unpaired) electrons. The summed E-state index contributed by atoms with van der Waals surface area (Å²) in [6.07, 6.45) is 47.2. The highest BCUT2D eigenvalue weighted by molar-refractivity contribution is 7.47. The summed E-state index contributed by atoms with van der Waals surface area (Å²) in [4.78, 5) is 22.2. The molecule has 4 N–H and O–H groups in total. The van der Waals surface area contributed by atoms with Crippen LogP contribution in [0.3, 0.4) is 0 Å². The van der Waals surface area contributed by atoms with Gasteiger partial charge < -0.3 is 25.2 Å². The monoisotopic (exact) mass is 766 g/mol. The molecule has 0 amide bonds. The van der Waals surface area contributed by atoms with Crippen molar-refractivity contribution in [2.45, 2.75) is 167 Å². The Hall–Kier alpha value is -2.26. The van der Waals surface area contributed by atoms with Crippen LogP contribution < -0.4 is 5.73 Å². The molecule has 0 saturated heterocycles. The lowest BCUT2D eigenvalue weighted by Gasteiger charge is -2.19. The molecule has 0 heterocycles. The van der Waals surface area contributed by atoms with E-state index in [9.17, 15) is 19.4 Å². The fourth-order valence-electron chi connectivity index (χ4n) is 5.10. The summed E-state index contributed by atoms with van der Waals surface area (Å²) in [5, 5.41) is 9.26. The number of hydrogen-bond acceptors (Lipinski definition) is 8. The van der Waals surface area contributed by atoms with Crippen LogP contribution >= 0.6 is 7.82 Å². The summed E-state index contributed by atoms with van der Waals surface area (Å²) in [7, 11) is -4.29. The van der Waals surface area contributed by atoms with Gasteiger partial charge in [-0.25, -0.2) is 4.57 Å². The SMILES string of the molecule is CCCCCCCC/C=C\CCCCCC/C=C/O[C@H](COC(=O)CCC/C=C\C/C=C\C/C=C\C/C=C\CCC[C@@H](C)O)COP(=O)(O)OCCN. The molecule has 0 aliphatic heterocycles. The summed E-state index contributed by atoms with van der Waals surface area (Å²) >= 11 is 0. The number of hydrogen-bond donors (Lipinski definition) is 3. The first-order valence-corrected chi connectivity index (χ1v) is 22.0. The molecule has 10 heteroatoms. The highest BCUT2D eigenvalue weighted by Crippen LogP contribution is 2.43. The summed E-state index contributed by atoms with van der Waals surface area (Å²) in [5.74, 6) is -0.360. The number of ether oxygens (including phenoxy) is 2. The predicted molar refractivity (Wildman–Crippen MR) is 220 cm³/mol. The van der Waals surface area contributed by atoms with Gasteiger partial charge in [0.25, 0.3) is 0 Å². The van der Waals surface area contributed by atoms with E-state index in [1.165, 1.54) is 57.8 Å². The molecule has 1 unspecified atom stereocenters. The summed E-state index contributed by atoms with van der Waals surface area (Å²) in [6.45, 7) is 3.66. The van der Waals surface area contributed by atoms with Gasteiger partial charge in [-0.2, -0.15) is 0 Å². The van der Waals surface area contributed by atoms with Gasteiger partial charge in [-0.05, 0) is 103 Å². The number of unbranched alkanes of at least 4 members (excludes halogenated alkanes) is 13. The van der Waals surface area contributed by atoms with Crippen molar-refractivity contribution in [2.24, 2.45) is 5.73 Å². The zero-order valence-electron chi connectivity index (χ0n) is 33.3. The maximum absolute atomic E-state index is 12.4. The topological polar surface area (TPSA) is 138 Å². The van der Waals surface area contributed by atoms with Crippen LogP contribution in [-0.2, 0) is 27.9 Å². The van der Waals surface area contributed by atoms with Crippen molar-refractivity contribution in [3.63, 3.8) is 0 Å². The molecular weight excluding hydrogens is 689 g/mol. The maximum atomic E-state index is 12.4. The van der Waals surface area contributed by atoms with Gasteiger partial charge in [-0.3, -0.25) is 13.8 Å². The molecule has 3 atom stereocenters. The summed E-state index contributed by atoms with van der Waals surface area (Å²) < 4.78 is 33.1. The van der Waals surface area contributed by atoms with E-state index in [-0.39, 0.29) is 44.9 Å². The molecule has 0 rings (SSSR count). The van der Waals surface area contributed by atoms with E-state index in [2.05, 4.69) is 67.7 Å². The molecule has 0 aliphatic rings. The maximum Gasteiger partial charge on any atom is 0.472 e. The number of carbonyl (C=O) groups is 1. The Labute approximate surface area is 323 Å². The molecule has 0 aromatic heterocycles. The third-order valence-corrected chi connectivity index (χ3v) is 9.19. The number of phosphoric ester groups is 1. The van der Waals surface area contributed by atoms with Gasteiger partial charge in [0.05, 0.1) is 25.6 Å². The minimum Gasteiger partial charge on any atom is -0.492 e. The second kappa shape index (κ2) is 39.4. The average molecular weight is 766 g/mol. The Morgan fingerprint density at radius 3 is 1.72 bits per heavy atom. The number of allylic oxidation sites excluding steroid dienone is 11. The molecule has 0 saturated carbocycles. The van der Waals surface area contributed by atoms with Gasteiger partial charge in [0.2, 0.25) is 0 Å². The highest BCUT2D eigenvalue weighted by atomic mass is 31.2. The van der Waals surface area contributed by atoms with Crippen LogP contribution in [0.25, 0.3) is 0 Å². The number of rotatable bonds is 38. The Morgan fingerprint density at radius 2 is 1.15 bits per heavy atom. The minimum absolute atomic E-state index is 0.0834. The van der Waals surface area contributed by atoms with E-state index in [0.29, 0.717) is 6.42 Å². The molecule has 306 valence electrons. The molecule has 0 aromatic rings. The minimum atomic E-state index is -4.29. The number of esters is 1. The molecular formula is C43H76NO8P. The van der Waals surface area contributed by atoms with Crippen LogP contribution in [0.15, 0.2) is 73.1 Å². The second-order valence-electron chi connectivity index (χ2n) is 13.5. The van der Waals surface area contributed by atoms with Crippen molar-refractivity contribution >= 4 is 13.8 Å². The Morgan fingerprint density at radius 1 is 0.660 bits per heavy atom. The lowest BCUT2D eigenvalue weighted by atomic mass is 10.1. The number of phosphoric acid groups is 1. The van der Waals surface area contributed by atoms with Gasteiger partial charge in [0.1, 0.15) is 6.61 Å². The van der Waals surface area contributed by atoms with Gasteiger partial charge in [0.15, 0.2) is 6.10 Å². The van der Waals surface area contributed by atoms with Crippen molar-refractivity contribution in [1.82, 2.24) is 0 Å². The first-order valence-electron chi connectivity index (χ1n) is 20.5. The van der Waals surface area contributed by atoms with Crippen LogP contribution in [-0.4, -0.2) is 54.5 Å². The van der Waals surface area contributed by atoms with E-state index >= 15 is 0 Å². The van der Waals surface area contributed by atoms with Crippen LogP contribution in [0.4, 0.5) is 0 Å². The van der Waals surface area contributed by atoms with E-state index in [4.69, 9.17) is 24.3 Å². The Balaban J connectivity index is 4.24. The van der Waals surface area contributed by atoms with E-state index < -0.39 is 13.9 Å². The van der Waals surface area contributed by atoms with Crippen LogP contribution in [0.2, 0.25) is 0 Å². The largest absolute Gasteiger partial charge is 0.492 e. The predicted octanol–water partition coefficient (Wildman–Crippen LogP) is 11.3. The van der Waals surface area contributed by atoms with E-state index in [0.717, 1.165) is 70.6 Å². The average Bonchev–Trinajstić information content (AvgIpc) is 3.13. The summed E-state index contributed by atoms with van der Waals surface area (Å²) in [5.41, 5.74) is 5.35. The lowest BCUT2D eigenvalue weighted by Crippen LogP contribution is -2.25. The zero-order chi connectivity index (χ0) is 38.9. The third-order valence-electron chi connectivity index (χ3n) is 8.20. The van der Waals surface area contributed by atoms with Crippen molar-refractivity contribution in [1.29, 1.82) is 0 Å². The van der Waals surface area contributed by atoms with Crippen LogP contribution in [0.1, 0.15) is 155 Å². The third kappa shape index (κ3) is 40.8. The van der Waals surface area contributed by atoms with Crippen molar-refractivity contribution < 1.29 is 37.9 Å². The molecule has 0 bridgehead atoms. The molecule has 0 aliphatic carbocycles. The first kappa shape index (κ1) is 50.7. The number of aliphatic hydroxyl groups excluding tert-OH is 1. The van der Waals surface area contributed by atoms with Crippen molar-refractivity contribution in [3.05, 3.63) is 73.1 Å². The Bertz CT molecular complexity index is 1050. The van der Waals surface area contributed by atoms with Crippen LogP contribution in [0, 0.1) is 0 Å². The molecule has 53 heavy (non-hydrogen) atoms. The van der Waals surface area contributed by atoms with Gasteiger partial charge in [0, 0.05) is 13.0 Å². The fourth-order valence-corrected chi connectivity index (χ4v) is 5.87. The lowest BCUT2D eigenvalue weighted by molar-refractivity contribution is -0.147. The van der Waals surface area contributed by atoms with Crippen molar-refractivity contribution in [3.8, 4) is 0 Å². The quantitative estimate of drug-likeness (QED) is 0.0184. The zero-order valence-corrected chi connectivity index (χ0v) is 34.2. The van der Waals surface area contributed by atoms with Gasteiger partial charge in [-0.1, -0.05) is 113 Å². The fraction of sp³-hybridized carbons (Fsp3) is 0.698. The van der Waals surface area contributed by atoms with Gasteiger partial charge >= 0.3 is 13.8 Å². The molecule has 0 fully saturated rings. The first-order chi connectivity index (χ1) is 25.8. The number of nitrogens with two attached hydrogens (primary N) is 1. The number of aliphatic hydroxyl groups is 1. The summed E-state index contributed by atoms with van der Waals surface area (Å²) in [6, 6.07) is 0. The molecule has 9 nitrogen and oxygen atoms in total.